The Morgan fingerprint density at radius 1 is 1.25 bits per heavy atom. The van der Waals surface area contributed by atoms with Gasteiger partial charge in [0.05, 0.1) is 6.54 Å². The molecule has 0 unspecified atom stereocenters. The highest BCUT2D eigenvalue weighted by Gasteiger charge is 2.12. The van der Waals surface area contributed by atoms with Crippen LogP contribution in [0, 0.1) is 0 Å². The molecule has 5 heteroatoms. The van der Waals surface area contributed by atoms with E-state index >= 15 is 0 Å². The van der Waals surface area contributed by atoms with Gasteiger partial charge in [0.2, 0.25) is 5.91 Å². The van der Waals surface area contributed by atoms with Gasteiger partial charge in [0.1, 0.15) is 0 Å². The quantitative estimate of drug-likeness (QED) is 0.585. The van der Waals surface area contributed by atoms with Crippen LogP contribution in [0.15, 0.2) is 18.2 Å². The van der Waals surface area contributed by atoms with E-state index in [1.165, 1.54) is 37.1 Å². The van der Waals surface area contributed by atoms with Gasteiger partial charge in [-0.3, -0.25) is 9.59 Å². The molecule has 0 spiro atoms. The average molecular weight is 223 g/mol. The van der Waals surface area contributed by atoms with Crippen molar-refractivity contribution in [2.45, 2.75) is 6.92 Å². The lowest BCUT2D eigenvalue weighted by molar-refractivity contribution is -0.127. The fraction of sp³-hybridized carbons (Fsp3) is 0.273. The molecule has 0 atom stereocenters. The third-order valence-electron chi connectivity index (χ3n) is 2.22. The van der Waals surface area contributed by atoms with E-state index in [2.05, 4.69) is 0 Å². The number of hydrogen-bond donors (Lipinski definition) is 2. The van der Waals surface area contributed by atoms with Gasteiger partial charge in [-0.25, -0.2) is 0 Å². The zero-order valence-corrected chi connectivity index (χ0v) is 9.10. The number of phenolic OH excluding ortho intramolecular Hbond substituents is 2. The number of carbonyl (C=O) groups excluding carboxylic acids is 2. The minimum absolute atomic E-state index is 0.0560. The van der Waals surface area contributed by atoms with E-state index in [1.54, 1.807) is 0 Å². The van der Waals surface area contributed by atoms with E-state index in [1.807, 2.05) is 0 Å². The monoisotopic (exact) mass is 223 g/mol. The largest absolute Gasteiger partial charge is 0.504 e. The molecule has 1 amide bonds. The van der Waals surface area contributed by atoms with Gasteiger partial charge in [-0.1, -0.05) is 0 Å². The summed E-state index contributed by atoms with van der Waals surface area (Å²) in [6.07, 6.45) is 0. The summed E-state index contributed by atoms with van der Waals surface area (Å²) in [5.74, 6) is -1.14. The highest BCUT2D eigenvalue weighted by atomic mass is 16.3. The number of nitrogens with zero attached hydrogens (tertiary/aromatic N) is 1. The number of rotatable bonds is 3. The van der Waals surface area contributed by atoms with Gasteiger partial charge in [0.15, 0.2) is 17.3 Å². The van der Waals surface area contributed by atoms with Gasteiger partial charge >= 0.3 is 0 Å². The van der Waals surface area contributed by atoms with Crippen LogP contribution >= 0.6 is 0 Å². The number of phenols is 2. The molecule has 0 aromatic heterocycles. The molecule has 0 heterocycles. The smallest absolute Gasteiger partial charge is 0.219 e. The van der Waals surface area contributed by atoms with Crippen molar-refractivity contribution >= 4 is 11.7 Å². The highest BCUT2D eigenvalue weighted by molar-refractivity contribution is 5.99. The number of likely N-dealkylation sites (N-methyl/N-ethyl adjacent to an activating group) is 1. The van der Waals surface area contributed by atoms with Crippen molar-refractivity contribution in [2.24, 2.45) is 0 Å². The Morgan fingerprint density at radius 2 is 1.88 bits per heavy atom. The van der Waals surface area contributed by atoms with Gasteiger partial charge in [-0.2, -0.15) is 0 Å². The van der Waals surface area contributed by atoms with E-state index in [-0.39, 0.29) is 35.3 Å². The Morgan fingerprint density at radius 3 is 2.38 bits per heavy atom. The van der Waals surface area contributed by atoms with Crippen LogP contribution in [0.1, 0.15) is 17.3 Å². The average Bonchev–Trinajstić information content (AvgIpc) is 2.21. The molecule has 0 bridgehead atoms. The highest BCUT2D eigenvalue weighted by Crippen LogP contribution is 2.24. The second-order valence-corrected chi connectivity index (χ2v) is 3.50. The lowest BCUT2D eigenvalue weighted by Gasteiger charge is -2.13. The van der Waals surface area contributed by atoms with Crippen LogP contribution in [-0.2, 0) is 4.79 Å². The number of ketones is 1. The predicted molar refractivity (Wildman–Crippen MR) is 57.4 cm³/mol. The molecule has 0 fully saturated rings. The molecule has 0 radical (unpaired) electrons. The molecule has 0 saturated heterocycles. The van der Waals surface area contributed by atoms with E-state index in [0.717, 1.165) is 0 Å². The second-order valence-electron chi connectivity index (χ2n) is 3.50. The van der Waals surface area contributed by atoms with Crippen LogP contribution < -0.4 is 0 Å². The summed E-state index contributed by atoms with van der Waals surface area (Å²) in [7, 11) is 1.51. The molecular weight excluding hydrogens is 210 g/mol. The molecule has 16 heavy (non-hydrogen) atoms. The van der Waals surface area contributed by atoms with Crippen molar-refractivity contribution in [1.29, 1.82) is 0 Å². The van der Waals surface area contributed by atoms with Crippen LogP contribution in [0.3, 0.4) is 0 Å². The number of benzene rings is 1. The Hall–Kier alpha value is -2.04. The molecule has 0 saturated carbocycles. The first kappa shape index (κ1) is 12.0. The number of amides is 1. The zero-order valence-electron chi connectivity index (χ0n) is 9.10. The number of carbonyl (C=O) groups is 2. The summed E-state index contributed by atoms with van der Waals surface area (Å²) < 4.78 is 0. The second kappa shape index (κ2) is 4.65. The van der Waals surface area contributed by atoms with Crippen LogP contribution in [0.2, 0.25) is 0 Å². The molecule has 0 aliphatic heterocycles. The van der Waals surface area contributed by atoms with Crippen LogP contribution in [0.4, 0.5) is 0 Å². The maximum absolute atomic E-state index is 11.6. The Labute approximate surface area is 92.9 Å². The summed E-state index contributed by atoms with van der Waals surface area (Å²) >= 11 is 0. The summed E-state index contributed by atoms with van der Waals surface area (Å²) in [6.45, 7) is 1.31. The molecule has 1 aromatic rings. The van der Waals surface area contributed by atoms with Crippen molar-refractivity contribution in [1.82, 2.24) is 4.90 Å². The normalized spacial score (nSPS) is 9.88. The Balaban J connectivity index is 2.81. The molecule has 1 aromatic carbocycles. The van der Waals surface area contributed by atoms with E-state index in [0.29, 0.717) is 0 Å². The van der Waals surface area contributed by atoms with Crippen molar-refractivity contribution < 1.29 is 19.8 Å². The molecule has 2 N–H and O–H groups in total. The first-order valence-corrected chi connectivity index (χ1v) is 4.68. The number of Topliss-reactive ketones (excluding diaryl/α,β-unsaturated/α-hetero) is 1. The minimum atomic E-state index is -0.351. The molecule has 0 aliphatic rings. The van der Waals surface area contributed by atoms with E-state index in [9.17, 15) is 14.7 Å². The van der Waals surface area contributed by atoms with E-state index in [4.69, 9.17) is 5.11 Å². The molecular formula is C11H13NO4. The van der Waals surface area contributed by atoms with E-state index < -0.39 is 0 Å². The van der Waals surface area contributed by atoms with Crippen molar-refractivity contribution in [3.63, 3.8) is 0 Å². The van der Waals surface area contributed by atoms with Gasteiger partial charge in [0, 0.05) is 19.5 Å². The van der Waals surface area contributed by atoms with Crippen LogP contribution in [0.5, 0.6) is 11.5 Å². The van der Waals surface area contributed by atoms with Crippen LogP contribution in [0.25, 0.3) is 0 Å². The standard InChI is InChI=1S/C11H13NO4/c1-7(13)12(2)6-11(16)8-3-4-9(14)10(15)5-8/h3-5,14-15H,6H2,1-2H3. The van der Waals surface area contributed by atoms with Crippen LogP contribution in [-0.4, -0.2) is 40.4 Å². The van der Waals surface area contributed by atoms with Gasteiger partial charge in [0.25, 0.3) is 0 Å². The first-order valence-electron chi connectivity index (χ1n) is 4.68. The lowest BCUT2D eigenvalue weighted by Crippen LogP contribution is -2.30. The zero-order chi connectivity index (χ0) is 12.3. The van der Waals surface area contributed by atoms with Crippen molar-refractivity contribution in [2.75, 3.05) is 13.6 Å². The predicted octanol–water partition coefficient (Wildman–Crippen LogP) is 0.759. The Kier molecular flexibility index (Phi) is 3.50. The molecule has 1 rings (SSSR count). The summed E-state index contributed by atoms with van der Waals surface area (Å²) in [5, 5.41) is 18.3. The number of aromatic hydroxyl groups is 2. The third-order valence-corrected chi connectivity index (χ3v) is 2.22. The van der Waals surface area contributed by atoms with Gasteiger partial charge in [-0.05, 0) is 18.2 Å². The molecule has 5 nitrogen and oxygen atoms in total. The van der Waals surface area contributed by atoms with Crippen molar-refractivity contribution in [3.8, 4) is 11.5 Å². The first-order chi connectivity index (χ1) is 7.41. The third kappa shape index (κ3) is 2.73. The summed E-state index contributed by atoms with van der Waals surface area (Å²) in [5.41, 5.74) is 0.253. The van der Waals surface area contributed by atoms with Gasteiger partial charge in [-0.15, -0.1) is 0 Å². The minimum Gasteiger partial charge on any atom is -0.504 e. The fourth-order valence-electron chi connectivity index (χ4n) is 1.11. The van der Waals surface area contributed by atoms with Crippen molar-refractivity contribution in [3.05, 3.63) is 23.8 Å². The summed E-state index contributed by atoms with van der Waals surface area (Å²) in [6, 6.07) is 3.80. The Bertz CT molecular complexity index is 428. The maximum atomic E-state index is 11.6. The number of hydrogen-bond acceptors (Lipinski definition) is 4. The fourth-order valence-corrected chi connectivity index (χ4v) is 1.11. The topological polar surface area (TPSA) is 77.8 Å². The van der Waals surface area contributed by atoms with Gasteiger partial charge < -0.3 is 15.1 Å². The lowest BCUT2D eigenvalue weighted by atomic mass is 10.1. The summed E-state index contributed by atoms with van der Waals surface area (Å²) in [4.78, 5) is 23.8. The maximum Gasteiger partial charge on any atom is 0.219 e. The molecule has 0 aliphatic carbocycles. The molecule has 86 valence electrons. The SMILES string of the molecule is CC(=O)N(C)CC(=O)c1ccc(O)c(O)c1.